The van der Waals surface area contributed by atoms with Crippen LogP contribution in [0.2, 0.25) is 0 Å². The molecule has 0 amide bonds. The number of benzene rings is 2. The van der Waals surface area contributed by atoms with Gasteiger partial charge in [-0.25, -0.2) is 4.79 Å². The topological polar surface area (TPSA) is 87.0 Å². The van der Waals surface area contributed by atoms with Crippen molar-refractivity contribution < 1.29 is 24.9 Å². The van der Waals surface area contributed by atoms with Crippen LogP contribution in [0.1, 0.15) is 11.1 Å². The molecule has 0 spiro atoms. The van der Waals surface area contributed by atoms with Gasteiger partial charge in [0, 0.05) is 6.42 Å². The molecule has 0 aliphatic rings. The summed E-state index contributed by atoms with van der Waals surface area (Å²) >= 11 is 0. The van der Waals surface area contributed by atoms with Crippen LogP contribution >= 0.6 is 0 Å². The zero-order valence-electron chi connectivity index (χ0n) is 11.9. The van der Waals surface area contributed by atoms with Crippen molar-refractivity contribution in [3.8, 4) is 0 Å². The van der Waals surface area contributed by atoms with Crippen molar-refractivity contribution in [3.63, 3.8) is 0 Å². The predicted octanol–water partition coefficient (Wildman–Crippen LogP) is 1.58. The fourth-order valence-corrected chi connectivity index (χ4v) is 2.06. The van der Waals surface area contributed by atoms with E-state index < -0.39 is 17.9 Å². The molecule has 2 atom stereocenters. The number of hydrogen-bond donors (Lipinski definition) is 3. The third-order valence-corrected chi connectivity index (χ3v) is 3.35. The number of carboxylic acids is 1. The van der Waals surface area contributed by atoms with E-state index in [1.807, 2.05) is 6.07 Å². The van der Waals surface area contributed by atoms with Gasteiger partial charge in [-0.3, -0.25) is 0 Å². The lowest BCUT2D eigenvalue weighted by Gasteiger charge is -2.28. The molecule has 0 aromatic heterocycles. The summed E-state index contributed by atoms with van der Waals surface area (Å²) in [6, 6.07) is 17.6. The number of aliphatic hydroxyl groups excluding tert-OH is 1. The minimum Gasteiger partial charge on any atom is -0.479 e. The van der Waals surface area contributed by atoms with E-state index in [1.54, 1.807) is 54.6 Å². The third-order valence-electron chi connectivity index (χ3n) is 3.35. The maximum atomic E-state index is 11.4. The summed E-state index contributed by atoms with van der Waals surface area (Å²) in [6.45, 7) is 0.00634. The van der Waals surface area contributed by atoms with Crippen molar-refractivity contribution in [3.05, 3.63) is 71.8 Å². The summed E-state index contributed by atoms with van der Waals surface area (Å²) in [5.41, 5.74) is -1.04. The van der Waals surface area contributed by atoms with Gasteiger partial charge in [-0.1, -0.05) is 60.7 Å². The minimum atomic E-state index is -2.41. The molecule has 5 nitrogen and oxygen atoms in total. The Morgan fingerprint density at radius 1 is 1.00 bits per heavy atom. The average Bonchev–Trinajstić information content (AvgIpc) is 2.54. The van der Waals surface area contributed by atoms with Crippen molar-refractivity contribution >= 4 is 5.97 Å². The highest BCUT2D eigenvalue weighted by atomic mass is 16.6. The molecule has 0 aliphatic heterocycles. The normalized spacial score (nSPS) is 15.0. The lowest BCUT2D eigenvalue weighted by molar-refractivity contribution is -0.227. The second-order valence-corrected chi connectivity index (χ2v) is 5.04. The maximum absolute atomic E-state index is 11.4. The van der Waals surface area contributed by atoms with Gasteiger partial charge >= 0.3 is 5.97 Å². The summed E-state index contributed by atoms with van der Waals surface area (Å²) in [6.07, 6.45) is -2.09. The van der Waals surface area contributed by atoms with Crippen LogP contribution in [0.4, 0.5) is 0 Å². The number of ether oxygens (including phenoxy) is 1. The van der Waals surface area contributed by atoms with Crippen LogP contribution in [0.25, 0.3) is 0 Å². The van der Waals surface area contributed by atoms with Gasteiger partial charge in [0.1, 0.15) is 0 Å². The van der Waals surface area contributed by atoms with E-state index in [0.29, 0.717) is 5.56 Å². The molecular weight excluding hydrogens is 284 g/mol. The van der Waals surface area contributed by atoms with Crippen LogP contribution in [-0.2, 0) is 22.6 Å². The SMILES string of the molecule is O=C(O)C(O)(Cc1ccccc1)C(O)OCc1ccccc1. The van der Waals surface area contributed by atoms with E-state index in [9.17, 15) is 20.1 Å². The van der Waals surface area contributed by atoms with Gasteiger partial charge in [-0.15, -0.1) is 0 Å². The molecule has 2 rings (SSSR count). The van der Waals surface area contributed by atoms with Crippen LogP contribution in [0.15, 0.2) is 60.7 Å². The largest absolute Gasteiger partial charge is 0.479 e. The monoisotopic (exact) mass is 302 g/mol. The number of hydrogen-bond acceptors (Lipinski definition) is 4. The quantitative estimate of drug-likeness (QED) is 0.676. The van der Waals surface area contributed by atoms with E-state index in [0.717, 1.165) is 5.56 Å². The maximum Gasteiger partial charge on any atom is 0.341 e. The van der Waals surface area contributed by atoms with Gasteiger partial charge in [0.2, 0.25) is 5.60 Å². The molecule has 2 unspecified atom stereocenters. The first-order valence-electron chi connectivity index (χ1n) is 6.85. The van der Waals surface area contributed by atoms with Crippen LogP contribution < -0.4 is 0 Å². The molecular formula is C17H18O5. The van der Waals surface area contributed by atoms with Crippen molar-refractivity contribution in [1.82, 2.24) is 0 Å². The van der Waals surface area contributed by atoms with Gasteiger partial charge in [0.25, 0.3) is 0 Å². The predicted molar refractivity (Wildman–Crippen MR) is 80.0 cm³/mol. The molecule has 0 fully saturated rings. The third kappa shape index (κ3) is 3.92. The van der Waals surface area contributed by atoms with Gasteiger partial charge in [-0.2, -0.15) is 0 Å². The Labute approximate surface area is 128 Å². The molecule has 0 saturated carbocycles. The standard InChI is InChI=1S/C17H18O5/c18-15(19)17(21,11-13-7-3-1-4-8-13)16(20)22-12-14-9-5-2-6-10-14/h1-10,16,20-21H,11-12H2,(H,18,19). The molecule has 0 heterocycles. The molecule has 2 aromatic rings. The van der Waals surface area contributed by atoms with Crippen molar-refractivity contribution in [2.75, 3.05) is 0 Å². The number of rotatable bonds is 7. The van der Waals surface area contributed by atoms with Crippen LogP contribution in [0.3, 0.4) is 0 Å². The molecule has 0 radical (unpaired) electrons. The highest BCUT2D eigenvalue weighted by Gasteiger charge is 2.44. The Bertz CT molecular complexity index is 599. The second kappa shape index (κ2) is 7.17. The van der Waals surface area contributed by atoms with Crippen molar-refractivity contribution in [2.45, 2.75) is 24.9 Å². The Morgan fingerprint density at radius 3 is 2.00 bits per heavy atom. The summed E-state index contributed by atoms with van der Waals surface area (Å²) < 4.78 is 5.15. The van der Waals surface area contributed by atoms with Gasteiger partial charge in [0.15, 0.2) is 6.29 Å². The molecule has 2 aromatic carbocycles. The highest BCUT2D eigenvalue weighted by molar-refractivity contribution is 5.78. The molecule has 0 bridgehead atoms. The second-order valence-electron chi connectivity index (χ2n) is 5.04. The van der Waals surface area contributed by atoms with Gasteiger partial charge in [0.05, 0.1) is 6.61 Å². The zero-order valence-corrected chi connectivity index (χ0v) is 11.9. The first-order valence-corrected chi connectivity index (χ1v) is 6.85. The van der Waals surface area contributed by atoms with Crippen LogP contribution in [-0.4, -0.2) is 33.2 Å². The van der Waals surface area contributed by atoms with E-state index in [-0.39, 0.29) is 13.0 Å². The smallest absolute Gasteiger partial charge is 0.341 e. The number of carbonyl (C=O) groups is 1. The summed E-state index contributed by atoms with van der Waals surface area (Å²) in [7, 11) is 0. The Hall–Kier alpha value is -2.21. The molecule has 0 saturated heterocycles. The molecule has 0 aliphatic carbocycles. The van der Waals surface area contributed by atoms with Crippen molar-refractivity contribution in [1.29, 1.82) is 0 Å². The van der Waals surface area contributed by atoms with Crippen molar-refractivity contribution in [2.24, 2.45) is 0 Å². The molecule has 5 heteroatoms. The van der Waals surface area contributed by atoms with E-state index in [4.69, 9.17) is 4.74 Å². The first kappa shape index (κ1) is 16.2. The summed E-state index contributed by atoms with van der Waals surface area (Å²) in [5, 5.41) is 29.6. The van der Waals surface area contributed by atoms with Gasteiger partial charge in [-0.05, 0) is 11.1 Å². The summed E-state index contributed by atoms with van der Waals surface area (Å²) in [4.78, 5) is 11.4. The van der Waals surface area contributed by atoms with Crippen LogP contribution in [0, 0.1) is 0 Å². The first-order chi connectivity index (χ1) is 10.5. The highest BCUT2D eigenvalue weighted by Crippen LogP contribution is 2.20. The van der Waals surface area contributed by atoms with Gasteiger partial charge < -0.3 is 20.1 Å². The Morgan fingerprint density at radius 2 is 1.50 bits per heavy atom. The zero-order chi connectivity index (χ0) is 16.0. The number of aliphatic hydroxyl groups is 2. The Kier molecular flexibility index (Phi) is 5.27. The molecule has 3 N–H and O–H groups in total. The number of carboxylic acid groups (broad SMARTS) is 1. The van der Waals surface area contributed by atoms with E-state index in [2.05, 4.69) is 0 Å². The Balaban J connectivity index is 2.07. The van der Waals surface area contributed by atoms with E-state index in [1.165, 1.54) is 0 Å². The molecule has 116 valence electrons. The van der Waals surface area contributed by atoms with Crippen LogP contribution in [0.5, 0.6) is 0 Å². The number of aliphatic carboxylic acids is 1. The fraction of sp³-hybridized carbons (Fsp3) is 0.235. The van der Waals surface area contributed by atoms with E-state index >= 15 is 0 Å². The average molecular weight is 302 g/mol. The molecule has 22 heavy (non-hydrogen) atoms. The fourth-order valence-electron chi connectivity index (χ4n) is 2.06. The lowest BCUT2D eigenvalue weighted by Crippen LogP contribution is -2.52. The summed E-state index contributed by atoms with van der Waals surface area (Å²) in [5.74, 6) is -1.53. The lowest BCUT2D eigenvalue weighted by atomic mass is 9.94. The minimum absolute atomic E-state index is 0.00634.